The van der Waals surface area contributed by atoms with Crippen LogP contribution in [-0.4, -0.2) is 75.8 Å². The summed E-state index contributed by atoms with van der Waals surface area (Å²) in [6.45, 7) is 2.67. The van der Waals surface area contributed by atoms with Gasteiger partial charge in [0.25, 0.3) is 0 Å². The molecular weight excluding hydrogens is 608 g/mol. The molecule has 0 N–H and O–H groups in total. The fraction of sp³-hybridized carbons (Fsp3) is 0.250. The van der Waals surface area contributed by atoms with E-state index >= 15 is 4.39 Å². The first-order valence-corrected chi connectivity index (χ1v) is 15.5. The van der Waals surface area contributed by atoms with Crippen LogP contribution in [0, 0.1) is 11.6 Å². The minimum absolute atomic E-state index is 0.0578. The molecule has 3 aromatic carbocycles. The summed E-state index contributed by atoms with van der Waals surface area (Å²) in [4.78, 5) is 44.2. The van der Waals surface area contributed by atoms with E-state index in [0.29, 0.717) is 53.7 Å². The molecule has 226 valence electrons. The van der Waals surface area contributed by atoms with Gasteiger partial charge in [0, 0.05) is 55.9 Å². The third-order valence-electron chi connectivity index (χ3n) is 7.83. The molecule has 6 rings (SSSR count). The summed E-state index contributed by atoms with van der Waals surface area (Å²) in [6, 6.07) is 19.7. The molecule has 3 heterocycles. The second kappa shape index (κ2) is 12.4. The van der Waals surface area contributed by atoms with Crippen LogP contribution in [0.3, 0.4) is 0 Å². The standard InChI is InChI=1S/C32H28ClF2N5O3S/c1-20(41)37-13-15-38(16-14-37)27(42)18-39-28(43)19-44-31(23-12-11-22(34)17-25(23)35)29-30(21-7-3-2-4-8-21)36-40(32(29)39)26-10-6-5-9-24(26)33/h2-12,17,31H,13-16,18-19H2,1H3. The van der Waals surface area contributed by atoms with Crippen LogP contribution in [0.5, 0.6) is 0 Å². The predicted molar refractivity (Wildman–Crippen MR) is 166 cm³/mol. The van der Waals surface area contributed by atoms with Crippen molar-refractivity contribution >= 4 is 46.9 Å². The van der Waals surface area contributed by atoms with E-state index in [9.17, 15) is 18.8 Å². The Hall–Kier alpha value is -4.22. The van der Waals surface area contributed by atoms with Crippen molar-refractivity contribution in [2.45, 2.75) is 12.2 Å². The average molecular weight is 636 g/mol. The molecule has 0 saturated carbocycles. The van der Waals surface area contributed by atoms with E-state index in [1.165, 1.54) is 35.7 Å². The molecule has 3 amide bonds. The summed E-state index contributed by atoms with van der Waals surface area (Å²) in [5.41, 5.74) is 2.35. The number of thioether (sulfide) groups is 1. The first-order valence-electron chi connectivity index (χ1n) is 14.1. The summed E-state index contributed by atoms with van der Waals surface area (Å²) in [5, 5.41) is 4.55. The Balaban J connectivity index is 1.54. The number of halogens is 3. The highest BCUT2D eigenvalue weighted by molar-refractivity contribution is 8.00. The molecule has 1 atom stereocenters. The number of hydrogen-bond donors (Lipinski definition) is 0. The van der Waals surface area contributed by atoms with E-state index in [1.54, 1.807) is 38.7 Å². The van der Waals surface area contributed by atoms with E-state index in [1.807, 2.05) is 30.3 Å². The van der Waals surface area contributed by atoms with E-state index in [-0.39, 0.29) is 41.4 Å². The van der Waals surface area contributed by atoms with Gasteiger partial charge in [-0.1, -0.05) is 60.1 Å². The monoisotopic (exact) mass is 635 g/mol. The average Bonchev–Trinajstić information content (AvgIpc) is 3.34. The maximum Gasteiger partial charge on any atom is 0.242 e. The number of fused-ring (bicyclic) bond motifs is 1. The number of carbonyl (C=O) groups excluding carboxylic acids is 3. The lowest BCUT2D eigenvalue weighted by atomic mass is 9.99. The maximum absolute atomic E-state index is 15.4. The highest BCUT2D eigenvalue weighted by Crippen LogP contribution is 2.49. The van der Waals surface area contributed by atoms with Gasteiger partial charge in [0.05, 0.1) is 27.4 Å². The molecule has 1 saturated heterocycles. The minimum Gasteiger partial charge on any atom is -0.339 e. The van der Waals surface area contributed by atoms with Crippen molar-refractivity contribution in [3.63, 3.8) is 0 Å². The molecule has 4 aromatic rings. The Morgan fingerprint density at radius 3 is 2.32 bits per heavy atom. The van der Waals surface area contributed by atoms with Gasteiger partial charge >= 0.3 is 0 Å². The summed E-state index contributed by atoms with van der Waals surface area (Å²) < 4.78 is 31.0. The van der Waals surface area contributed by atoms with Gasteiger partial charge in [-0.25, -0.2) is 13.5 Å². The number of carbonyl (C=O) groups is 3. The van der Waals surface area contributed by atoms with Crippen molar-refractivity contribution in [3.05, 3.63) is 101 Å². The lowest BCUT2D eigenvalue weighted by molar-refractivity contribution is -0.137. The summed E-state index contributed by atoms with van der Waals surface area (Å²) in [5.74, 6) is -1.97. The van der Waals surface area contributed by atoms with Crippen molar-refractivity contribution in [2.24, 2.45) is 0 Å². The fourth-order valence-corrected chi connectivity index (χ4v) is 7.02. The number of para-hydroxylation sites is 1. The SMILES string of the molecule is CC(=O)N1CCN(C(=O)CN2C(=O)CSC(c3ccc(F)cc3F)c3c(-c4ccccc4)nn(-c4ccccc4Cl)c32)CC1. The molecule has 2 aliphatic heterocycles. The molecule has 44 heavy (non-hydrogen) atoms. The van der Waals surface area contributed by atoms with E-state index in [2.05, 4.69) is 0 Å². The lowest BCUT2D eigenvalue weighted by Gasteiger charge is -2.35. The lowest BCUT2D eigenvalue weighted by Crippen LogP contribution is -2.53. The minimum atomic E-state index is -0.764. The third-order valence-corrected chi connectivity index (χ3v) is 9.39. The van der Waals surface area contributed by atoms with Crippen molar-refractivity contribution in [1.29, 1.82) is 0 Å². The van der Waals surface area contributed by atoms with Gasteiger partial charge in [-0.15, -0.1) is 11.8 Å². The zero-order valence-electron chi connectivity index (χ0n) is 23.8. The van der Waals surface area contributed by atoms with E-state index in [0.717, 1.165) is 6.07 Å². The van der Waals surface area contributed by atoms with Crippen LogP contribution in [0.2, 0.25) is 5.02 Å². The van der Waals surface area contributed by atoms with Crippen LogP contribution in [-0.2, 0) is 14.4 Å². The van der Waals surface area contributed by atoms with Crippen LogP contribution in [0.4, 0.5) is 14.6 Å². The molecule has 0 aliphatic carbocycles. The Morgan fingerprint density at radius 2 is 1.64 bits per heavy atom. The largest absolute Gasteiger partial charge is 0.339 e. The van der Waals surface area contributed by atoms with Gasteiger partial charge in [-0.3, -0.25) is 19.3 Å². The highest BCUT2D eigenvalue weighted by atomic mass is 35.5. The van der Waals surface area contributed by atoms with Gasteiger partial charge in [0.2, 0.25) is 17.7 Å². The summed E-state index contributed by atoms with van der Waals surface area (Å²) >= 11 is 7.86. The molecule has 2 aliphatic rings. The third kappa shape index (κ3) is 5.69. The van der Waals surface area contributed by atoms with Crippen LogP contribution in [0.15, 0.2) is 72.8 Å². The van der Waals surface area contributed by atoms with Crippen LogP contribution >= 0.6 is 23.4 Å². The molecule has 12 heteroatoms. The molecule has 1 unspecified atom stereocenters. The fourth-order valence-electron chi connectivity index (χ4n) is 5.59. The number of hydrogen-bond acceptors (Lipinski definition) is 5. The summed E-state index contributed by atoms with van der Waals surface area (Å²) in [6.07, 6.45) is 0. The first-order chi connectivity index (χ1) is 21.2. The Kier molecular flexibility index (Phi) is 8.42. The number of nitrogens with zero attached hydrogens (tertiary/aromatic N) is 5. The quantitative estimate of drug-likeness (QED) is 0.296. The van der Waals surface area contributed by atoms with E-state index < -0.39 is 16.9 Å². The topological polar surface area (TPSA) is 78.8 Å². The molecule has 0 radical (unpaired) electrons. The zero-order valence-corrected chi connectivity index (χ0v) is 25.3. The van der Waals surface area contributed by atoms with Crippen LogP contribution in [0.1, 0.15) is 23.3 Å². The number of aromatic nitrogens is 2. The molecule has 8 nitrogen and oxygen atoms in total. The van der Waals surface area contributed by atoms with Crippen molar-refractivity contribution in [2.75, 3.05) is 43.4 Å². The smallest absolute Gasteiger partial charge is 0.242 e. The van der Waals surface area contributed by atoms with Gasteiger partial charge in [0.15, 0.2) is 0 Å². The highest BCUT2D eigenvalue weighted by Gasteiger charge is 2.39. The predicted octanol–water partition coefficient (Wildman–Crippen LogP) is 5.33. The molecule has 1 fully saturated rings. The first kappa shape index (κ1) is 29.8. The Morgan fingerprint density at radius 1 is 0.955 bits per heavy atom. The van der Waals surface area contributed by atoms with Gasteiger partial charge < -0.3 is 9.80 Å². The molecule has 1 aromatic heterocycles. The number of rotatable bonds is 5. The number of anilines is 1. The molecule has 0 bridgehead atoms. The van der Waals surface area contributed by atoms with Gasteiger partial charge in [-0.05, 0) is 18.2 Å². The number of amides is 3. The second-order valence-electron chi connectivity index (χ2n) is 10.5. The maximum atomic E-state index is 15.4. The zero-order chi connectivity index (χ0) is 31.0. The van der Waals surface area contributed by atoms with Crippen LogP contribution < -0.4 is 4.90 Å². The van der Waals surface area contributed by atoms with Gasteiger partial charge in [0.1, 0.15) is 24.0 Å². The number of benzene rings is 3. The van der Waals surface area contributed by atoms with E-state index in [4.69, 9.17) is 16.7 Å². The second-order valence-corrected chi connectivity index (χ2v) is 12.0. The van der Waals surface area contributed by atoms with Gasteiger partial charge in [-0.2, -0.15) is 5.10 Å². The molecular formula is C32H28ClF2N5O3S. The van der Waals surface area contributed by atoms with Crippen molar-refractivity contribution < 1.29 is 23.2 Å². The summed E-state index contributed by atoms with van der Waals surface area (Å²) in [7, 11) is 0. The Bertz CT molecular complexity index is 1740. The molecule has 0 spiro atoms. The van der Waals surface area contributed by atoms with Crippen LogP contribution in [0.25, 0.3) is 16.9 Å². The number of piperazine rings is 1. The Labute approximate surface area is 262 Å². The van der Waals surface area contributed by atoms with Crippen molar-refractivity contribution in [3.8, 4) is 16.9 Å². The normalized spacial score (nSPS) is 17.0. The van der Waals surface area contributed by atoms with Crippen molar-refractivity contribution in [1.82, 2.24) is 19.6 Å².